The van der Waals surface area contributed by atoms with Crippen LogP contribution in [0.5, 0.6) is 0 Å². The van der Waals surface area contributed by atoms with E-state index < -0.39 is 29.3 Å². The highest BCUT2D eigenvalue weighted by Crippen LogP contribution is 2.30. The Bertz CT molecular complexity index is 1360. The maximum absolute atomic E-state index is 13.0. The van der Waals surface area contributed by atoms with Gasteiger partial charge in [0.15, 0.2) is 0 Å². The van der Waals surface area contributed by atoms with E-state index in [1.54, 1.807) is 36.4 Å². The Kier molecular flexibility index (Phi) is 7.65. The molecule has 0 saturated carbocycles. The lowest BCUT2D eigenvalue weighted by atomic mass is 9.92. The molecule has 0 spiro atoms. The van der Waals surface area contributed by atoms with Crippen LogP contribution < -0.4 is 21.5 Å². The number of fused-ring (bicyclic) bond motifs is 1. The van der Waals surface area contributed by atoms with Crippen molar-refractivity contribution in [1.29, 1.82) is 0 Å². The topological polar surface area (TPSA) is 142 Å². The van der Waals surface area contributed by atoms with Crippen LogP contribution in [0.25, 0.3) is 0 Å². The molecule has 0 unspecified atom stereocenters. The van der Waals surface area contributed by atoms with Crippen LogP contribution in [0, 0.1) is 0 Å². The summed E-state index contributed by atoms with van der Waals surface area (Å²) in [7, 11) is 0. The number of esters is 1. The zero-order valence-electron chi connectivity index (χ0n) is 19.4. The smallest absolute Gasteiger partial charge is 0.338 e. The average molecular weight is 510 g/mol. The fraction of sp³-hybridized carbons (Fsp3) is 0.240. The molecule has 4 N–H and O–H groups in total. The number of carbonyl (C=O) groups is 3. The highest BCUT2D eigenvalue weighted by molar-refractivity contribution is 6.30. The molecule has 1 aliphatic rings. The van der Waals surface area contributed by atoms with Crippen molar-refractivity contribution in [3.05, 3.63) is 75.0 Å². The molecule has 0 aliphatic carbocycles. The minimum atomic E-state index is -1.05. The standard InChI is InChI=1S/C25H24ClN5O5/c1-2-3-11-36-24(35)14-7-9-16(10-8-14)27-22(33)18-13-19(32)29-21-20(18)23(34)31-25(30-21)28-17-6-4-5-15(26)12-17/h4-10,12,18H,2-3,11,13H2,1H3,(H,27,33)(H3,28,29,30,31,32,34)/t18-/m0/s1. The van der Waals surface area contributed by atoms with Gasteiger partial charge >= 0.3 is 5.97 Å². The van der Waals surface area contributed by atoms with Crippen LogP contribution in [-0.4, -0.2) is 34.4 Å². The normalized spacial score (nSPS) is 14.4. The van der Waals surface area contributed by atoms with Crippen molar-refractivity contribution in [2.24, 2.45) is 0 Å². The fourth-order valence-corrected chi connectivity index (χ4v) is 3.86. The molecular weight excluding hydrogens is 486 g/mol. The Morgan fingerprint density at radius 2 is 1.92 bits per heavy atom. The minimum absolute atomic E-state index is 0.00449. The third kappa shape index (κ3) is 5.89. The zero-order valence-corrected chi connectivity index (χ0v) is 20.1. The van der Waals surface area contributed by atoms with Crippen molar-refractivity contribution >= 4 is 52.5 Å². The molecule has 1 aliphatic heterocycles. The molecule has 0 bridgehead atoms. The lowest BCUT2D eigenvalue weighted by Crippen LogP contribution is -2.36. The first-order chi connectivity index (χ1) is 17.3. The van der Waals surface area contributed by atoms with Gasteiger partial charge < -0.3 is 20.7 Å². The number of nitrogens with one attached hydrogen (secondary N) is 4. The SMILES string of the molecule is CCCCOC(=O)c1ccc(NC(=O)[C@H]2CC(=O)Nc3nc(Nc4cccc(Cl)c4)[nH]c(=O)c32)cc1. The van der Waals surface area contributed by atoms with Gasteiger partial charge in [-0.2, -0.15) is 4.98 Å². The molecule has 10 nitrogen and oxygen atoms in total. The highest BCUT2D eigenvalue weighted by atomic mass is 35.5. The second kappa shape index (κ2) is 11.0. The number of aromatic nitrogens is 2. The largest absolute Gasteiger partial charge is 0.462 e. The van der Waals surface area contributed by atoms with Crippen LogP contribution in [0.15, 0.2) is 53.3 Å². The third-order valence-electron chi connectivity index (χ3n) is 5.47. The number of rotatable bonds is 8. The molecule has 3 aromatic rings. The van der Waals surface area contributed by atoms with Crippen molar-refractivity contribution in [2.45, 2.75) is 32.1 Å². The van der Waals surface area contributed by atoms with Crippen molar-refractivity contribution < 1.29 is 19.1 Å². The maximum Gasteiger partial charge on any atom is 0.338 e. The van der Waals surface area contributed by atoms with Crippen LogP contribution in [0.4, 0.5) is 23.1 Å². The predicted octanol–water partition coefficient (Wildman–Crippen LogP) is 4.19. The van der Waals surface area contributed by atoms with Crippen LogP contribution >= 0.6 is 11.6 Å². The maximum atomic E-state index is 13.0. The molecule has 186 valence electrons. The lowest BCUT2D eigenvalue weighted by molar-refractivity contribution is -0.123. The van der Waals surface area contributed by atoms with E-state index in [9.17, 15) is 19.2 Å². The summed E-state index contributed by atoms with van der Waals surface area (Å²) in [4.78, 5) is 57.2. The summed E-state index contributed by atoms with van der Waals surface area (Å²) >= 11 is 5.99. The van der Waals surface area contributed by atoms with Crippen LogP contribution in [0.3, 0.4) is 0 Å². The van der Waals surface area contributed by atoms with Crippen LogP contribution in [0.1, 0.15) is 48.0 Å². The van der Waals surface area contributed by atoms with Gasteiger partial charge in [0.1, 0.15) is 5.82 Å². The number of hydrogen-bond donors (Lipinski definition) is 4. The van der Waals surface area contributed by atoms with Gasteiger partial charge in [-0.15, -0.1) is 0 Å². The first kappa shape index (κ1) is 24.9. The van der Waals surface area contributed by atoms with Gasteiger partial charge in [0.25, 0.3) is 5.56 Å². The Morgan fingerprint density at radius 3 is 2.64 bits per heavy atom. The number of anilines is 4. The van der Waals surface area contributed by atoms with Gasteiger partial charge in [-0.3, -0.25) is 19.4 Å². The molecule has 2 aromatic carbocycles. The van der Waals surface area contributed by atoms with Crippen LogP contribution in [-0.2, 0) is 14.3 Å². The van der Waals surface area contributed by atoms with E-state index in [-0.39, 0.29) is 23.8 Å². The molecule has 4 rings (SSSR count). The summed E-state index contributed by atoms with van der Waals surface area (Å²) in [5.41, 5.74) is 0.836. The van der Waals surface area contributed by atoms with Crippen molar-refractivity contribution in [3.63, 3.8) is 0 Å². The second-order valence-corrected chi connectivity index (χ2v) is 8.61. The number of unbranched alkanes of at least 4 members (excludes halogenated alkanes) is 1. The molecule has 2 heterocycles. The Hall–Kier alpha value is -4.18. The number of ether oxygens (including phenoxy) is 1. The number of benzene rings is 2. The number of hydrogen-bond acceptors (Lipinski definition) is 7. The van der Waals surface area contributed by atoms with Crippen molar-refractivity contribution in [3.8, 4) is 0 Å². The number of amides is 2. The lowest BCUT2D eigenvalue weighted by Gasteiger charge is -2.23. The highest BCUT2D eigenvalue weighted by Gasteiger charge is 2.34. The van der Waals surface area contributed by atoms with Gasteiger partial charge in [0.2, 0.25) is 17.8 Å². The van der Waals surface area contributed by atoms with Gasteiger partial charge in [0, 0.05) is 22.8 Å². The third-order valence-corrected chi connectivity index (χ3v) is 5.71. The molecule has 1 atom stereocenters. The Balaban J connectivity index is 1.50. The Morgan fingerprint density at radius 1 is 1.14 bits per heavy atom. The van der Waals surface area contributed by atoms with E-state index in [0.717, 1.165) is 12.8 Å². The van der Waals surface area contributed by atoms with E-state index in [1.807, 2.05) is 6.92 Å². The molecule has 11 heteroatoms. The van der Waals surface area contributed by atoms with Crippen LogP contribution in [0.2, 0.25) is 5.02 Å². The minimum Gasteiger partial charge on any atom is -0.462 e. The van der Waals surface area contributed by atoms with Gasteiger partial charge in [-0.1, -0.05) is 31.0 Å². The number of aromatic amines is 1. The van der Waals surface area contributed by atoms with Crippen molar-refractivity contribution in [2.75, 3.05) is 22.6 Å². The van der Waals surface area contributed by atoms with Crippen molar-refractivity contribution in [1.82, 2.24) is 9.97 Å². The van der Waals surface area contributed by atoms with E-state index in [1.165, 1.54) is 12.1 Å². The summed E-state index contributed by atoms with van der Waals surface area (Å²) in [6, 6.07) is 13.0. The molecule has 1 aromatic heterocycles. The average Bonchev–Trinajstić information content (AvgIpc) is 2.84. The fourth-order valence-electron chi connectivity index (χ4n) is 3.67. The molecule has 0 radical (unpaired) electrons. The van der Waals surface area contributed by atoms with Gasteiger partial charge in [-0.25, -0.2) is 4.79 Å². The summed E-state index contributed by atoms with van der Waals surface area (Å²) in [6.45, 7) is 2.34. The summed E-state index contributed by atoms with van der Waals surface area (Å²) in [5.74, 6) is -2.40. The molecule has 0 fully saturated rings. The Labute approximate surface area is 211 Å². The van der Waals surface area contributed by atoms with Gasteiger partial charge in [-0.05, 0) is 48.9 Å². The first-order valence-electron chi connectivity index (χ1n) is 11.4. The zero-order chi connectivity index (χ0) is 25.7. The quantitative estimate of drug-likeness (QED) is 0.263. The molecule has 2 amide bonds. The summed E-state index contributed by atoms with van der Waals surface area (Å²) in [6.07, 6.45) is 1.48. The summed E-state index contributed by atoms with van der Waals surface area (Å²) < 4.78 is 5.17. The van der Waals surface area contributed by atoms with Gasteiger partial charge in [0.05, 0.1) is 23.7 Å². The number of halogens is 1. The molecular formula is C25H24ClN5O5. The number of nitrogens with zero attached hydrogens (tertiary/aromatic N) is 1. The second-order valence-electron chi connectivity index (χ2n) is 8.17. The monoisotopic (exact) mass is 509 g/mol. The number of H-pyrrole nitrogens is 1. The number of carbonyl (C=O) groups excluding carboxylic acids is 3. The first-order valence-corrected chi connectivity index (χ1v) is 11.8. The van der Waals surface area contributed by atoms with E-state index in [2.05, 4.69) is 25.9 Å². The van der Waals surface area contributed by atoms with E-state index in [4.69, 9.17) is 16.3 Å². The molecule has 0 saturated heterocycles. The summed E-state index contributed by atoms with van der Waals surface area (Å²) in [5, 5.41) is 8.67. The molecule has 36 heavy (non-hydrogen) atoms. The van der Waals surface area contributed by atoms with E-state index in [0.29, 0.717) is 28.6 Å². The predicted molar refractivity (Wildman–Crippen MR) is 136 cm³/mol. The van der Waals surface area contributed by atoms with E-state index >= 15 is 0 Å².